The second-order valence-corrected chi connectivity index (χ2v) is 5.26. The Labute approximate surface area is 109 Å². The highest BCUT2D eigenvalue weighted by atomic mass is 16.5. The number of ether oxygens (including phenoxy) is 1. The highest BCUT2D eigenvalue weighted by Gasteiger charge is 2.27. The number of amides is 1. The van der Waals surface area contributed by atoms with Crippen molar-refractivity contribution in [3.05, 3.63) is 24.3 Å². The van der Waals surface area contributed by atoms with Gasteiger partial charge in [-0.05, 0) is 24.5 Å². The minimum atomic E-state index is -0.563. The predicted molar refractivity (Wildman–Crippen MR) is 73.7 cm³/mol. The van der Waals surface area contributed by atoms with E-state index >= 15 is 0 Å². The molecule has 0 saturated carbocycles. The summed E-state index contributed by atoms with van der Waals surface area (Å²) in [4.78, 5) is 12.0. The van der Waals surface area contributed by atoms with Crippen molar-refractivity contribution in [2.75, 3.05) is 11.9 Å². The van der Waals surface area contributed by atoms with Gasteiger partial charge in [0.2, 0.25) is 5.91 Å². The fourth-order valence-corrected chi connectivity index (χ4v) is 1.46. The van der Waals surface area contributed by atoms with E-state index < -0.39 is 6.04 Å². The summed E-state index contributed by atoms with van der Waals surface area (Å²) < 4.78 is 5.45. The lowest BCUT2D eigenvalue weighted by molar-refractivity contribution is -0.119. The Bertz CT molecular complexity index is 411. The molecule has 100 valence electrons. The highest BCUT2D eigenvalue weighted by molar-refractivity contribution is 5.96. The molecular formula is C14H22N2O2. The lowest BCUT2D eigenvalue weighted by Gasteiger charge is -2.26. The minimum Gasteiger partial charge on any atom is -0.492 e. The molecule has 0 unspecified atom stereocenters. The molecule has 0 spiro atoms. The molecule has 18 heavy (non-hydrogen) atoms. The zero-order valence-electron chi connectivity index (χ0n) is 11.5. The average molecular weight is 250 g/mol. The van der Waals surface area contributed by atoms with Gasteiger partial charge in [-0.3, -0.25) is 4.79 Å². The van der Waals surface area contributed by atoms with Crippen molar-refractivity contribution in [2.45, 2.75) is 33.7 Å². The van der Waals surface area contributed by atoms with Crippen molar-refractivity contribution in [2.24, 2.45) is 11.1 Å². The van der Waals surface area contributed by atoms with Crippen LogP contribution in [0.4, 0.5) is 5.69 Å². The smallest absolute Gasteiger partial charge is 0.241 e. The standard InChI is InChI=1S/C14H22N2O2/c1-5-18-11-9-7-6-8-10(11)16-13(17)12(15)14(2,3)4/h6-9,12H,5,15H2,1-4H3,(H,16,17)/t12-/m1/s1. The van der Waals surface area contributed by atoms with Gasteiger partial charge in [0.05, 0.1) is 18.3 Å². The van der Waals surface area contributed by atoms with E-state index in [1.54, 1.807) is 6.07 Å². The number of benzene rings is 1. The van der Waals surface area contributed by atoms with Gasteiger partial charge in [0.1, 0.15) is 5.75 Å². The fraction of sp³-hybridized carbons (Fsp3) is 0.500. The van der Waals surface area contributed by atoms with Crippen LogP contribution < -0.4 is 15.8 Å². The number of anilines is 1. The molecule has 1 aromatic rings. The van der Waals surface area contributed by atoms with Gasteiger partial charge in [0, 0.05) is 0 Å². The molecule has 0 aliphatic carbocycles. The van der Waals surface area contributed by atoms with Gasteiger partial charge in [-0.2, -0.15) is 0 Å². The Morgan fingerprint density at radius 2 is 2.00 bits per heavy atom. The van der Waals surface area contributed by atoms with Crippen LogP contribution in [0, 0.1) is 5.41 Å². The number of hydrogen-bond acceptors (Lipinski definition) is 3. The van der Waals surface area contributed by atoms with Gasteiger partial charge in [0.15, 0.2) is 0 Å². The highest BCUT2D eigenvalue weighted by Crippen LogP contribution is 2.25. The summed E-state index contributed by atoms with van der Waals surface area (Å²) in [6.07, 6.45) is 0. The first-order chi connectivity index (χ1) is 8.36. The molecule has 0 saturated heterocycles. The van der Waals surface area contributed by atoms with Gasteiger partial charge < -0.3 is 15.8 Å². The first kappa shape index (κ1) is 14.5. The van der Waals surface area contributed by atoms with Gasteiger partial charge in [-0.1, -0.05) is 32.9 Å². The molecule has 0 radical (unpaired) electrons. The van der Waals surface area contributed by atoms with Crippen LogP contribution in [0.1, 0.15) is 27.7 Å². The van der Waals surface area contributed by atoms with E-state index in [0.29, 0.717) is 18.0 Å². The Kier molecular flexibility index (Phi) is 4.73. The van der Waals surface area contributed by atoms with Crippen LogP contribution in [0.25, 0.3) is 0 Å². The molecule has 4 nitrogen and oxygen atoms in total. The number of hydrogen-bond donors (Lipinski definition) is 2. The summed E-state index contributed by atoms with van der Waals surface area (Å²) in [6.45, 7) is 8.26. The number of nitrogens with one attached hydrogen (secondary N) is 1. The normalized spacial score (nSPS) is 12.9. The van der Waals surface area contributed by atoms with E-state index in [-0.39, 0.29) is 11.3 Å². The molecule has 0 aromatic heterocycles. The Hall–Kier alpha value is -1.55. The fourth-order valence-electron chi connectivity index (χ4n) is 1.46. The molecule has 1 atom stereocenters. The van der Waals surface area contributed by atoms with Gasteiger partial charge in [0.25, 0.3) is 0 Å². The van der Waals surface area contributed by atoms with E-state index in [1.807, 2.05) is 45.9 Å². The van der Waals surface area contributed by atoms with Crippen LogP contribution in [0.3, 0.4) is 0 Å². The van der Waals surface area contributed by atoms with E-state index in [4.69, 9.17) is 10.5 Å². The lowest BCUT2D eigenvalue weighted by Crippen LogP contribution is -2.45. The maximum absolute atomic E-state index is 12.0. The van der Waals surface area contributed by atoms with Crippen LogP contribution in [-0.4, -0.2) is 18.6 Å². The number of nitrogens with two attached hydrogens (primary N) is 1. The van der Waals surface area contributed by atoms with Crippen molar-refractivity contribution in [3.63, 3.8) is 0 Å². The van der Waals surface area contributed by atoms with Crippen LogP contribution >= 0.6 is 0 Å². The van der Waals surface area contributed by atoms with E-state index in [1.165, 1.54) is 0 Å². The van der Waals surface area contributed by atoms with E-state index in [9.17, 15) is 4.79 Å². The lowest BCUT2D eigenvalue weighted by atomic mass is 9.87. The zero-order chi connectivity index (χ0) is 13.8. The third-order valence-electron chi connectivity index (χ3n) is 2.66. The predicted octanol–water partition coefficient (Wildman–Crippen LogP) is 2.40. The summed E-state index contributed by atoms with van der Waals surface area (Å²) in [7, 11) is 0. The monoisotopic (exact) mass is 250 g/mol. The maximum atomic E-state index is 12.0. The number of carbonyl (C=O) groups excluding carboxylic acids is 1. The Morgan fingerprint density at radius 1 is 1.39 bits per heavy atom. The average Bonchev–Trinajstić information content (AvgIpc) is 2.29. The molecule has 0 aliphatic heterocycles. The SMILES string of the molecule is CCOc1ccccc1NC(=O)[C@@H](N)C(C)(C)C. The Morgan fingerprint density at radius 3 is 2.56 bits per heavy atom. The van der Waals surface area contributed by atoms with Gasteiger partial charge in [-0.15, -0.1) is 0 Å². The van der Waals surface area contributed by atoms with Crippen molar-refractivity contribution in [1.82, 2.24) is 0 Å². The van der Waals surface area contributed by atoms with Crippen LogP contribution in [0.15, 0.2) is 24.3 Å². The largest absolute Gasteiger partial charge is 0.492 e. The van der Waals surface area contributed by atoms with Gasteiger partial charge in [-0.25, -0.2) is 0 Å². The van der Waals surface area contributed by atoms with Crippen molar-refractivity contribution in [1.29, 1.82) is 0 Å². The zero-order valence-corrected chi connectivity index (χ0v) is 11.5. The topological polar surface area (TPSA) is 64.3 Å². The van der Waals surface area contributed by atoms with Crippen LogP contribution in [0.5, 0.6) is 5.75 Å². The van der Waals surface area contributed by atoms with Crippen molar-refractivity contribution < 1.29 is 9.53 Å². The quantitative estimate of drug-likeness (QED) is 0.862. The first-order valence-electron chi connectivity index (χ1n) is 6.14. The summed E-state index contributed by atoms with van der Waals surface area (Å²) in [5.74, 6) is 0.462. The van der Waals surface area contributed by atoms with Gasteiger partial charge >= 0.3 is 0 Å². The molecule has 0 heterocycles. The second-order valence-electron chi connectivity index (χ2n) is 5.26. The molecular weight excluding hydrogens is 228 g/mol. The van der Waals surface area contributed by atoms with E-state index in [2.05, 4.69) is 5.32 Å². The van der Waals surface area contributed by atoms with Crippen LogP contribution in [-0.2, 0) is 4.79 Å². The molecule has 1 rings (SSSR count). The van der Waals surface area contributed by atoms with E-state index in [0.717, 1.165) is 0 Å². The molecule has 1 aromatic carbocycles. The molecule has 0 fully saturated rings. The summed E-state index contributed by atoms with van der Waals surface area (Å²) in [5.41, 5.74) is 6.30. The minimum absolute atomic E-state index is 0.199. The van der Waals surface area contributed by atoms with Crippen LogP contribution in [0.2, 0.25) is 0 Å². The molecule has 0 aliphatic rings. The first-order valence-corrected chi connectivity index (χ1v) is 6.14. The second kappa shape index (κ2) is 5.87. The molecule has 1 amide bonds. The number of para-hydroxylation sites is 2. The number of rotatable bonds is 4. The third kappa shape index (κ3) is 3.74. The molecule has 4 heteroatoms. The summed E-state index contributed by atoms with van der Waals surface area (Å²) >= 11 is 0. The summed E-state index contributed by atoms with van der Waals surface area (Å²) in [5, 5.41) is 2.81. The van der Waals surface area contributed by atoms with Crippen molar-refractivity contribution >= 4 is 11.6 Å². The maximum Gasteiger partial charge on any atom is 0.241 e. The number of carbonyl (C=O) groups is 1. The third-order valence-corrected chi connectivity index (χ3v) is 2.66. The molecule has 0 bridgehead atoms. The molecule has 3 N–H and O–H groups in total. The summed E-state index contributed by atoms with van der Waals surface area (Å²) in [6, 6.07) is 6.78. The Balaban J connectivity index is 2.82. The van der Waals surface area contributed by atoms with Crippen molar-refractivity contribution in [3.8, 4) is 5.75 Å².